The van der Waals surface area contributed by atoms with Crippen molar-refractivity contribution in [3.05, 3.63) is 47.9 Å². The predicted molar refractivity (Wildman–Crippen MR) is 67.7 cm³/mol. The fraction of sp³-hybridized carbons (Fsp3) is 0.0833. The van der Waals surface area contributed by atoms with Gasteiger partial charge in [0.05, 0.1) is 0 Å². The first-order valence-electron chi connectivity index (χ1n) is 5.32. The molecule has 0 saturated carbocycles. The van der Waals surface area contributed by atoms with Crippen LogP contribution in [0.2, 0.25) is 0 Å². The van der Waals surface area contributed by atoms with Crippen LogP contribution >= 0.6 is 0 Å². The van der Waals surface area contributed by atoms with E-state index in [0.717, 1.165) is 6.07 Å². The lowest BCUT2D eigenvalue weighted by molar-refractivity contribution is 0.0661. The molecule has 0 amide bonds. The molecule has 0 fully saturated rings. The molecule has 0 unspecified atom stereocenters. The van der Waals surface area contributed by atoms with Crippen LogP contribution in [0.25, 0.3) is 0 Å². The smallest absolute Gasteiger partial charge is 0.371 e. The summed E-state index contributed by atoms with van der Waals surface area (Å²) in [7, 11) is -3.86. The van der Waals surface area contributed by atoms with Gasteiger partial charge in [-0.2, -0.15) is 0 Å². The molecule has 19 heavy (non-hydrogen) atoms. The van der Waals surface area contributed by atoms with Crippen LogP contribution in [0.15, 0.2) is 45.7 Å². The van der Waals surface area contributed by atoms with E-state index in [4.69, 9.17) is 9.52 Å². The Kier molecular flexibility index (Phi) is 3.30. The third-order valence-corrected chi connectivity index (χ3v) is 3.89. The molecule has 0 aliphatic carbocycles. The van der Waals surface area contributed by atoms with Crippen molar-refractivity contribution in [2.24, 2.45) is 0 Å². The van der Waals surface area contributed by atoms with E-state index in [9.17, 15) is 13.2 Å². The molecule has 1 heterocycles. The van der Waals surface area contributed by atoms with Crippen LogP contribution < -0.4 is 4.72 Å². The molecule has 2 N–H and O–H groups in total. The minimum Gasteiger partial charge on any atom is -0.475 e. The normalized spacial score (nSPS) is 11.2. The Bertz CT molecular complexity index is 703. The van der Waals surface area contributed by atoms with Crippen molar-refractivity contribution in [1.29, 1.82) is 0 Å². The molecule has 0 radical (unpaired) electrons. The molecule has 100 valence electrons. The Labute approximate surface area is 109 Å². The number of sulfonamides is 1. The summed E-state index contributed by atoms with van der Waals surface area (Å²) in [6.45, 7) is 1.39. The van der Waals surface area contributed by atoms with Crippen LogP contribution in [0.4, 0.5) is 5.69 Å². The zero-order chi connectivity index (χ0) is 14.0. The lowest BCUT2D eigenvalue weighted by Gasteiger charge is -2.06. The van der Waals surface area contributed by atoms with Crippen LogP contribution in [0.3, 0.4) is 0 Å². The quantitative estimate of drug-likeness (QED) is 0.894. The van der Waals surface area contributed by atoms with Gasteiger partial charge in [-0.15, -0.1) is 0 Å². The van der Waals surface area contributed by atoms with Gasteiger partial charge in [0.15, 0.2) is 0 Å². The Morgan fingerprint density at radius 3 is 2.42 bits per heavy atom. The minimum absolute atomic E-state index is 0.0285. The SMILES string of the molecule is Cc1oc(C(=O)O)cc1S(=O)(=O)Nc1ccccc1. The van der Waals surface area contributed by atoms with Crippen molar-refractivity contribution in [3.63, 3.8) is 0 Å². The van der Waals surface area contributed by atoms with Crippen LogP contribution in [0.5, 0.6) is 0 Å². The maximum absolute atomic E-state index is 12.1. The van der Waals surface area contributed by atoms with E-state index in [1.165, 1.54) is 6.92 Å². The van der Waals surface area contributed by atoms with Crippen molar-refractivity contribution in [3.8, 4) is 0 Å². The molecule has 0 aliphatic rings. The number of benzene rings is 1. The first-order chi connectivity index (χ1) is 8.90. The Morgan fingerprint density at radius 2 is 1.89 bits per heavy atom. The molecule has 0 spiro atoms. The number of carboxylic acid groups (broad SMARTS) is 1. The van der Waals surface area contributed by atoms with Gasteiger partial charge in [-0.3, -0.25) is 4.72 Å². The molecule has 1 aromatic carbocycles. The lowest BCUT2D eigenvalue weighted by Crippen LogP contribution is -2.13. The summed E-state index contributed by atoms with van der Waals surface area (Å²) in [5, 5.41) is 8.77. The minimum atomic E-state index is -3.86. The fourth-order valence-corrected chi connectivity index (χ4v) is 2.79. The van der Waals surface area contributed by atoms with E-state index in [1.54, 1.807) is 30.3 Å². The number of para-hydroxylation sites is 1. The van der Waals surface area contributed by atoms with Gasteiger partial charge < -0.3 is 9.52 Å². The summed E-state index contributed by atoms with van der Waals surface area (Å²) >= 11 is 0. The first kappa shape index (κ1) is 13.2. The van der Waals surface area contributed by atoms with Gasteiger partial charge in [0.1, 0.15) is 10.7 Å². The number of carbonyl (C=O) groups is 1. The van der Waals surface area contributed by atoms with Gasteiger partial charge in [0.2, 0.25) is 5.76 Å². The number of aromatic carboxylic acids is 1. The van der Waals surface area contributed by atoms with E-state index < -0.39 is 21.8 Å². The second kappa shape index (κ2) is 4.77. The van der Waals surface area contributed by atoms with Crippen molar-refractivity contribution in [1.82, 2.24) is 0 Å². The van der Waals surface area contributed by atoms with Gasteiger partial charge in [-0.1, -0.05) is 18.2 Å². The molecule has 7 heteroatoms. The van der Waals surface area contributed by atoms with Crippen molar-refractivity contribution >= 4 is 21.7 Å². The van der Waals surface area contributed by atoms with E-state index in [0.29, 0.717) is 5.69 Å². The van der Waals surface area contributed by atoms with Gasteiger partial charge in [-0.25, -0.2) is 13.2 Å². The average molecular weight is 281 g/mol. The Balaban J connectivity index is 2.37. The molecule has 0 saturated heterocycles. The third-order valence-electron chi connectivity index (χ3n) is 2.40. The molecule has 1 aromatic heterocycles. The van der Waals surface area contributed by atoms with Crippen molar-refractivity contribution in [2.75, 3.05) is 4.72 Å². The highest BCUT2D eigenvalue weighted by Gasteiger charge is 2.23. The van der Waals surface area contributed by atoms with Crippen LogP contribution in [-0.2, 0) is 10.0 Å². The Hall–Kier alpha value is -2.28. The number of rotatable bonds is 4. The molecular formula is C12H11NO5S. The summed E-state index contributed by atoms with van der Waals surface area (Å²) in [4.78, 5) is 10.6. The number of furan rings is 1. The van der Waals surface area contributed by atoms with E-state index >= 15 is 0 Å². The number of carboxylic acids is 1. The summed E-state index contributed by atoms with van der Waals surface area (Å²) in [5.41, 5.74) is 0.389. The average Bonchev–Trinajstić information content (AvgIpc) is 2.73. The van der Waals surface area contributed by atoms with Gasteiger partial charge in [-0.05, 0) is 19.1 Å². The maximum Gasteiger partial charge on any atom is 0.371 e. The van der Waals surface area contributed by atoms with Crippen LogP contribution in [0, 0.1) is 6.92 Å². The predicted octanol–water partition coefficient (Wildman–Crippen LogP) is 2.09. The zero-order valence-corrected chi connectivity index (χ0v) is 10.8. The topological polar surface area (TPSA) is 96.6 Å². The van der Waals surface area contributed by atoms with E-state index in [1.807, 2.05) is 0 Å². The maximum atomic E-state index is 12.1. The second-order valence-corrected chi connectivity index (χ2v) is 5.46. The van der Waals surface area contributed by atoms with E-state index in [-0.39, 0.29) is 10.7 Å². The summed E-state index contributed by atoms with van der Waals surface area (Å²) < 4.78 is 31.4. The number of hydrogen-bond donors (Lipinski definition) is 2. The molecule has 2 rings (SSSR count). The molecule has 0 bridgehead atoms. The molecule has 0 aliphatic heterocycles. The number of hydrogen-bond acceptors (Lipinski definition) is 4. The van der Waals surface area contributed by atoms with Gasteiger partial charge in [0.25, 0.3) is 10.0 Å². The number of anilines is 1. The fourth-order valence-electron chi connectivity index (χ4n) is 1.55. The monoisotopic (exact) mass is 281 g/mol. The summed E-state index contributed by atoms with van der Waals surface area (Å²) in [6.07, 6.45) is 0. The standard InChI is InChI=1S/C12H11NO5S/c1-8-11(7-10(18-8)12(14)15)19(16,17)13-9-5-3-2-4-6-9/h2-7,13H,1H3,(H,14,15). The van der Waals surface area contributed by atoms with Gasteiger partial charge in [0, 0.05) is 11.8 Å². The highest BCUT2D eigenvalue weighted by molar-refractivity contribution is 7.92. The first-order valence-corrected chi connectivity index (χ1v) is 6.80. The van der Waals surface area contributed by atoms with Gasteiger partial charge >= 0.3 is 5.97 Å². The molecular weight excluding hydrogens is 270 g/mol. The molecule has 2 aromatic rings. The lowest BCUT2D eigenvalue weighted by atomic mass is 10.3. The van der Waals surface area contributed by atoms with Crippen LogP contribution in [-0.4, -0.2) is 19.5 Å². The summed E-state index contributed by atoms with van der Waals surface area (Å²) in [6, 6.07) is 9.29. The number of nitrogens with one attached hydrogen (secondary N) is 1. The van der Waals surface area contributed by atoms with E-state index in [2.05, 4.69) is 4.72 Å². The number of aryl methyl sites for hydroxylation is 1. The van der Waals surface area contributed by atoms with Crippen LogP contribution in [0.1, 0.15) is 16.3 Å². The summed E-state index contributed by atoms with van der Waals surface area (Å²) in [5.74, 6) is -1.70. The highest BCUT2D eigenvalue weighted by atomic mass is 32.2. The highest BCUT2D eigenvalue weighted by Crippen LogP contribution is 2.22. The third kappa shape index (κ3) is 2.76. The molecule has 0 atom stereocenters. The Morgan fingerprint density at radius 1 is 1.26 bits per heavy atom. The largest absolute Gasteiger partial charge is 0.475 e. The second-order valence-electron chi connectivity index (χ2n) is 3.81. The van der Waals surface area contributed by atoms with Crippen molar-refractivity contribution in [2.45, 2.75) is 11.8 Å². The van der Waals surface area contributed by atoms with Crippen molar-refractivity contribution < 1.29 is 22.7 Å². The molecule has 6 nitrogen and oxygen atoms in total. The zero-order valence-electron chi connectivity index (χ0n) is 9.95.